The highest BCUT2D eigenvalue weighted by molar-refractivity contribution is 5.95. The van der Waals surface area contributed by atoms with E-state index in [2.05, 4.69) is 26.1 Å². The third kappa shape index (κ3) is 4.76. The zero-order valence-electron chi connectivity index (χ0n) is 15.8. The molecule has 0 spiro atoms. The summed E-state index contributed by atoms with van der Waals surface area (Å²) in [4.78, 5) is 30.7. The minimum Gasteiger partial charge on any atom is -0.497 e. The highest BCUT2D eigenvalue weighted by Gasteiger charge is 2.23. The van der Waals surface area contributed by atoms with Crippen LogP contribution in [0, 0.1) is 15.9 Å². The first kappa shape index (κ1) is 20.5. The van der Waals surface area contributed by atoms with Crippen molar-refractivity contribution in [2.45, 2.75) is 6.54 Å². The standard InChI is InChI=1S/C19H17FN6O4/c1-30-13-8-6-12(7-9-13)10-21-17-16(26(28)29)18(23-11-22-17)24-25-19(27)14-4-2-3-5-15(14)20/h2-9,11H,10H2,1H3,(H,25,27)(H2,21,22,23,24). The smallest absolute Gasteiger partial charge is 0.354 e. The maximum Gasteiger partial charge on any atom is 0.354 e. The van der Waals surface area contributed by atoms with Crippen molar-refractivity contribution in [2.24, 2.45) is 0 Å². The summed E-state index contributed by atoms with van der Waals surface area (Å²) in [5.41, 5.74) is 4.70. The van der Waals surface area contributed by atoms with Gasteiger partial charge in [0.1, 0.15) is 17.9 Å². The molecule has 3 rings (SSSR count). The van der Waals surface area contributed by atoms with E-state index >= 15 is 0 Å². The van der Waals surface area contributed by atoms with Gasteiger partial charge < -0.3 is 10.1 Å². The molecule has 154 valence electrons. The van der Waals surface area contributed by atoms with E-state index in [0.717, 1.165) is 18.0 Å². The molecule has 0 atom stereocenters. The molecule has 0 aliphatic rings. The van der Waals surface area contributed by atoms with Crippen molar-refractivity contribution < 1.29 is 18.8 Å². The van der Waals surface area contributed by atoms with E-state index < -0.39 is 22.3 Å². The number of carbonyl (C=O) groups is 1. The predicted octanol–water partition coefficient (Wildman–Crippen LogP) is 2.90. The summed E-state index contributed by atoms with van der Waals surface area (Å²) in [6, 6.07) is 12.5. The van der Waals surface area contributed by atoms with Crippen LogP contribution in [0.5, 0.6) is 5.75 Å². The molecule has 0 saturated carbocycles. The van der Waals surface area contributed by atoms with E-state index in [4.69, 9.17) is 4.74 Å². The molecule has 2 aromatic carbocycles. The molecule has 0 saturated heterocycles. The number of nitrogens with zero attached hydrogens (tertiary/aromatic N) is 3. The SMILES string of the molecule is COc1ccc(CNc2ncnc(NNC(=O)c3ccccc3F)c2[N+](=O)[O-])cc1. The topological polar surface area (TPSA) is 131 Å². The Kier molecular flexibility index (Phi) is 6.33. The average Bonchev–Trinajstić information content (AvgIpc) is 2.76. The Balaban J connectivity index is 1.74. The number of carbonyl (C=O) groups excluding carboxylic acids is 1. The number of anilines is 2. The van der Waals surface area contributed by atoms with Gasteiger partial charge in [0.05, 0.1) is 17.6 Å². The van der Waals surface area contributed by atoms with Crippen molar-refractivity contribution in [3.05, 3.63) is 81.9 Å². The highest BCUT2D eigenvalue weighted by atomic mass is 19.1. The molecule has 3 aromatic rings. The highest BCUT2D eigenvalue weighted by Crippen LogP contribution is 2.28. The normalized spacial score (nSPS) is 10.2. The summed E-state index contributed by atoms with van der Waals surface area (Å²) in [5.74, 6) is -1.15. The van der Waals surface area contributed by atoms with E-state index in [0.29, 0.717) is 5.75 Å². The van der Waals surface area contributed by atoms with Crippen LogP contribution in [-0.2, 0) is 6.54 Å². The molecule has 3 N–H and O–H groups in total. The van der Waals surface area contributed by atoms with Gasteiger partial charge in [-0.15, -0.1) is 0 Å². The molecule has 0 aliphatic heterocycles. The fourth-order valence-corrected chi connectivity index (χ4v) is 2.53. The van der Waals surface area contributed by atoms with Gasteiger partial charge in [-0.1, -0.05) is 24.3 Å². The van der Waals surface area contributed by atoms with E-state index in [-0.39, 0.29) is 23.7 Å². The number of amides is 1. The van der Waals surface area contributed by atoms with Gasteiger partial charge in [-0.2, -0.15) is 0 Å². The summed E-state index contributed by atoms with van der Waals surface area (Å²) in [6.07, 6.45) is 1.10. The van der Waals surface area contributed by atoms with Gasteiger partial charge in [-0.25, -0.2) is 14.4 Å². The largest absolute Gasteiger partial charge is 0.497 e. The van der Waals surface area contributed by atoms with Gasteiger partial charge in [-0.05, 0) is 29.8 Å². The molecule has 11 heteroatoms. The van der Waals surface area contributed by atoms with Crippen molar-refractivity contribution in [1.82, 2.24) is 15.4 Å². The number of hydrogen-bond donors (Lipinski definition) is 3. The van der Waals surface area contributed by atoms with Crippen LogP contribution in [0.2, 0.25) is 0 Å². The molecule has 1 aromatic heterocycles. The van der Waals surface area contributed by atoms with E-state index in [9.17, 15) is 19.3 Å². The van der Waals surface area contributed by atoms with Crippen LogP contribution < -0.4 is 20.9 Å². The van der Waals surface area contributed by atoms with Crippen molar-refractivity contribution in [3.63, 3.8) is 0 Å². The molecular weight excluding hydrogens is 395 g/mol. The number of hydrazine groups is 1. The van der Waals surface area contributed by atoms with Gasteiger partial charge in [0.2, 0.25) is 11.6 Å². The Hall–Kier alpha value is -4.28. The minimum absolute atomic E-state index is 0.0477. The minimum atomic E-state index is -0.811. The number of halogens is 1. The lowest BCUT2D eigenvalue weighted by atomic mass is 10.2. The Morgan fingerprint density at radius 1 is 1.13 bits per heavy atom. The van der Waals surface area contributed by atoms with Crippen LogP contribution in [0.25, 0.3) is 0 Å². The van der Waals surface area contributed by atoms with Crippen LogP contribution >= 0.6 is 0 Å². The monoisotopic (exact) mass is 412 g/mol. The van der Waals surface area contributed by atoms with Crippen molar-refractivity contribution in [1.29, 1.82) is 0 Å². The molecule has 30 heavy (non-hydrogen) atoms. The Bertz CT molecular complexity index is 1060. The van der Waals surface area contributed by atoms with Crippen LogP contribution in [0.1, 0.15) is 15.9 Å². The van der Waals surface area contributed by atoms with Gasteiger partial charge in [0, 0.05) is 6.54 Å². The molecule has 0 radical (unpaired) electrons. The maximum absolute atomic E-state index is 13.7. The number of ether oxygens (including phenoxy) is 1. The number of nitro groups is 1. The van der Waals surface area contributed by atoms with Gasteiger partial charge in [0.25, 0.3) is 5.91 Å². The second-order valence-electron chi connectivity index (χ2n) is 5.94. The molecule has 1 heterocycles. The molecule has 10 nitrogen and oxygen atoms in total. The van der Waals surface area contributed by atoms with Gasteiger partial charge in [-0.3, -0.25) is 25.8 Å². The van der Waals surface area contributed by atoms with Crippen molar-refractivity contribution in [3.8, 4) is 5.75 Å². The van der Waals surface area contributed by atoms with Gasteiger partial charge in [0.15, 0.2) is 0 Å². The fraction of sp³-hybridized carbons (Fsp3) is 0.105. The summed E-state index contributed by atoms with van der Waals surface area (Å²) in [6.45, 7) is 0.253. The zero-order valence-corrected chi connectivity index (χ0v) is 15.8. The summed E-state index contributed by atoms with van der Waals surface area (Å²) in [5, 5.41) is 14.4. The quantitative estimate of drug-likeness (QED) is 0.380. The number of benzene rings is 2. The van der Waals surface area contributed by atoms with Crippen molar-refractivity contribution in [2.75, 3.05) is 17.9 Å². The number of rotatable bonds is 8. The molecule has 1 amide bonds. The molecule has 0 fully saturated rings. The Morgan fingerprint density at radius 3 is 2.50 bits per heavy atom. The Morgan fingerprint density at radius 2 is 1.83 bits per heavy atom. The van der Waals surface area contributed by atoms with Crippen LogP contribution in [0.3, 0.4) is 0 Å². The second-order valence-corrected chi connectivity index (χ2v) is 5.94. The first-order valence-corrected chi connectivity index (χ1v) is 8.66. The first-order chi connectivity index (χ1) is 14.5. The number of aromatic nitrogens is 2. The summed E-state index contributed by atoms with van der Waals surface area (Å²) in [7, 11) is 1.55. The predicted molar refractivity (Wildman–Crippen MR) is 106 cm³/mol. The molecular formula is C19H17FN6O4. The summed E-state index contributed by atoms with van der Waals surface area (Å²) >= 11 is 0. The van der Waals surface area contributed by atoms with Crippen LogP contribution in [-0.4, -0.2) is 27.9 Å². The summed E-state index contributed by atoms with van der Waals surface area (Å²) < 4.78 is 18.8. The van der Waals surface area contributed by atoms with Crippen LogP contribution in [0.15, 0.2) is 54.9 Å². The third-order valence-electron chi connectivity index (χ3n) is 4.04. The number of hydrogen-bond acceptors (Lipinski definition) is 8. The van der Waals surface area contributed by atoms with E-state index in [1.807, 2.05) is 0 Å². The third-order valence-corrected chi connectivity index (χ3v) is 4.04. The molecule has 0 unspecified atom stereocenters. The lowest BCUT2D eigenvalue weighted by Gasteiger charge is -2.11. The van der Waals surface area contributed by atoms with Gasteiger partial charge >= 0.3 is 5.69 Å². The maximum atomic E-state index is 13.7. The Labute approximate surface area is 170 Å². The van der Waals surface area contributed by atoms with Crippen LogP contribution in [0.4, 0.5) is 21.7 Å². The van der Waals surface area contributed by atoms with E-state index in [1.54, 1.807) is 31.4 Å². The first-order valence-electron chi connectivity index (χ1n) is 8.66. The van der Waals surface area contributed by atoms with E-state index in [1.165, 1.54) is 18.2 Å². The number of methoxy groups -OCH3 is 1. The number of nitrogens with one attached hydrogen (secondary N) is 3. The van der Waals surface area contributed by atoms with Crippen molar-refractivity contribution >= 4 is 23.2 Å². The lowest BCUT2D eigenvalue weighted by Crippen LogP contribution is -2.31. The fourth-order valence-electron chi connectivity index (χ4n) is 2.53. The molecule has 0 bridgehead atoms. The lowest BCUT2D eigenvalue weighted by molar-refractivity contribution is -0.383. The second kappa shape index (κ2) is 9.28. The molecule has 0 aliphatic carbocycles. The zero-order chi connectivity index (χ0) is 21.5. The average molecular weight is 412 g/mol.